The van der Waals surface area contributed by atoms with Gasteiger partial charge in [-0.1, -0.05) is 48.5 Å². The van der Waals surface area contributed by atoms with Crippen molar-refractivity contribution in [2.75, 3.05) is 18.6 Å². The lowest BCUT2D eigenvalue weighted by atomic mass is 10.0. The van der Waals surface area contributed by atoms with E-state index in [4.69, 9.17) is 14.2 Å². The van der Waals surface area contributed by atoms with Gasteiger partial charge in [0.1, 0.15) is 18.1 Å². The van der Waals surface area contributed by atoms with Crippen LogP contribution in [0.15, 0.2) is 95.7 Å². The molecule has 4 rings (SSSR count). The minimum atomic E-state index is -0.539. The molecular weight excluding hydrogens is 442 g/mol. The Balaban J connectivity index is 1.72. The number of para-hydroxylation sites is 1. The summed E-state index contributed by atoms with van der Waals surface area (Å²) in [5.41, 5.74) is 3.36. The third kappa shape index (κ3) is 5.11. The predicted molar refractivity (Wildman–Crippen MR) is 135 cm³/mol. The second-order valence-corrected chi connectivity index (χ2v) is 7.89. The first-order valence-corrected chi connectivity index (χ1v) is 11.4. The SMILES string of the molecule is CCOC(=O)C1=C(C)N(c2ccc(OC)cc2)C(=O)/C1=C\c1ccccc1OCc1ccccc1. The van der Waals surface area contributed by atoms with Crippen LogP contribution in [0.25, 0.3) is 6.08 Å². The highest BCUT2D eigenvalue weighted by atomic mass is 16.5. The first kappa shape index (κ1) is 23.8. The van der Waals surface area contributed by atoms with Crippen LogP contribution >= 0.6 is 0 Å². The zero-order chi connectivity index (χ0) is 24.8. The van der Waals surface area contributed by atoms with E-state index in [1.54, 1.807) is 51.3 Å². The number of amides is 1. The average Bonchev–Trinajstić information content (AvgIpc) is 3.13. The molecule has 3 aromatic carbocycles. The zero-order valence-corrected chi connectivity index (χ0v) is 20.0. The molecule has 1 aliphatic heterocycles. The van der Waals surface area contributed by atoms with Crippen molar-refractivity contribution in [2.45, 2.75) is 20.5 Å². The van der Waals surface area contributed by atoms with Gasteiger partial charge in [0.2, 0.25) is 0 Å². The number of carbonyl (C=O) groups is 2. The van der Waals surface area contributed by atoms with Gasteiger partial charge in [0, 0.05) is 16.9 Å². The summed E-state index contributed by atoms with van der Waals surface area (Å²) in [5.74, 6) is 0.435. The molecule has 0 spiro atoms. The van der Waals surface area contributed by atoms with E-state index in [1.165, 1.54) is 4.90 Å². The second kappa shape index (κ2) is 10.7. The Hall–Kier alpha value is -4.32. The van der Waals surface area contributed by atoms with Crippen molar-refractivity contribution < 1.29 is 23.8 Å². The van der Waals surface area contributed by atoms with Crippen molar-refractivity contribution in [2.24, 2.45) is 0 Å². The summed E-state index contributed by atoms with van der Waals surface area (Å²) < 4.78 is 16.6. The minimum Gasteiger partial charge on any atom is -0.497 e. The normalized spacial score (nSPS) is 14.4. The molecule has 1 heterocycles. The average molecular weight is 470 g/mol. The number of esters is 1. The molecule has 35 heavy (non-hydrogen) atoms. The standard InChI is InChI=1S/C29H27NO5/c1-4-34-29(32)27-20(2)30(23-14-16-24(33-3)17-15-23)28(31)25(27)18-22-12-8-9-13-26(22)35-19-21-10-6-5-7-11-21/h5-18H,4,19H2,1-3H3/b25-18-. The highest BCUT2D eigenvalue weighted by molar-refractivity contribution is 6.24. The monoisotopic (exact) mass is 469 g/mol. The maximum atomic E-state index is 13.6. The van der Waals surface area contributed by atoms with Crippen molar-refractivity contribution in [3.63, 3.8) is 0 Å². The quantitative estimate of drug-likeness (QED) is 0.320. The first-order valence-electron chi connectivity index (χ1n) is 11.4. The molecule has 0 aliphatic carbocycles. The lowest BCUT2D eigenvalue weighted by Crippen LogP contribution is -2.24. The highest BCUT2D eigenvalue weighted by Crippen LogP contribution is 2.37. The largest absolute Gasteiger partial charge is 0.497 e. The van der Waals surface area contributed by atoms with E-state index in [-0.39, 0.29) is 23.7 Å². The molecule has 1 amide bonds. The summed E-state index contributed by atoms with van der Waals surface area (Å²) in [5, 5.41) is 0. The van der Waals surface area contributed by atoms with Gasteiger partial charge in [-0.25, -0.2) is 4.79 Å². The smallest absolute Gasteiger partial charge is 0.340 e. The van der Waals surface area contributed by atoms with Crippen molar-refractivity contribution in [1.82, 2.24) is 0 Å². The van der Waals surface area contributed by atoms with Crippen molar-refractivity contribution in [3.8, 4) is 11.5 Å². The first-order chi connectivity index (χ1) is 17.0. The molecule has 0 aromatic heterocycles. The van der Waals surface area contributed by atoms with Gasteiger partial charge in [0.15, 0.2) is 0 Å². The summed E-state index contributed by atoms with van der Waals surface area (Å²) >= 11 is 0. The number of anilines is 1. The van der Waals surface area contributed by atoms with Crippen LogP contribution in [0.5, 0.6) is 11.5 Å². The molecule has 0 N–H and O–H groups in total. The predicted octanol–water partition coefficient (Wildman–Crippen LogP) is 5.54. The summed E-state index contributed by atoms with van der Waals surface area (Å²) in [6.45, 7) is 4.07. The van der Waals surface area contributed by atoms with Crippen molar-refractivity contribution >= 4 is 23.6 Å². The van der Waals surface area contributed by atoms with Gasteiger partial charge < -0.3 is 14.2 Å². The molecule has 0 atom stereocenters. The molecular formula is C29H27NO5. The molecule has 6 nitrogen and oxygen atoms in total. The number of carbonyl (C=O) groups excluding carboxylic acids is 2. The zero-order valence-electron chi connectivity index (χ0n) is 20.0. The van der Waals surface area contributed by atoms with Gasteiger partial charge in [-0.2, -0.15) is 0 Å². The van der Waals surface area contributed by atoms with E-state index < -0.39 is 5.97 Å². The number of rotatable bonds is 8. The van der Waals surface area contributed by atoms with Gasteiger partial charge in [-0.15, -0.1) is 0 Å². The molecule has 1 aliphatic rings. The topological polar surface area (TPSA) is 65.1 Å². The Morgan fingerprint density at radius 1 is 0.943 bits per heavy atom. The number of hydrogen-bond acceptors (Lipinski definition) is 5. The molecule has 0 radical (unpaired) electrons. The van der Waals surface area contributed by atoms with Crippen LogP contribution in [-0.4, -0.2) is 25.6 Å². The van der Waals surface area contributed by atoms with E-state index in [1.807, 2.05) is 54.6 Å². The highest BCUT2D eigenvalue weighted by Gasteiger charge is 2.38. The van der Waals surface area contributed by atoms with Crippen LogP contribution in [0, 0.1) is 0 Å². The summed E-state index contributed by atoms with van der Waals surface area (Å²) in [6.07, 6.45) is 1.70. The van der Waals surface area contributed by atoms with Crippen LogP contribution in [-0.2, 0) is 20.9 Å². The number of ether oxygens (including phenoxy) is 3. The fourth-order valence-electron chi connectivity index (χ4n) is 3.95. The van der Waals surface area contributed by atoms with E-state index >= 15 is 0 Å². The Morgan fingerprint density at radius 2 is 1.63 bits per heavy atom. The van der Waals surface area contributed by atoms with E-state index in [0.717, 1.165) is 5.56 Å². The van der Waals surface area contributed by atoms with Gasteiger partial charge in [-0.05, 0) is 55.8 Å². The van der Waals surface area contributed by atoms with Crippen LogP contribution in [0.2, 0.25) is 0 Å². The van der Waals surface area contributed by atoms with E-state index in [2.05, 4.69) is 0 Å². The van der Waals surface area contributed by atoms with Gasteiger partial charge in [-0.3, -0.25) is 9.69 Å². The molecule has 0 unspecified atom stereocenters. The van der Waals surface area contributed by atoms with E-state index in [9.17, 15) is 9.59 Å². The van der Waals surface area contributed by atoms with Crippen LogP contribution in [0.4, 0.5) is 5.69 Å². The van der Waals surface area contributed by atoms with E-state index in [0.29, 0.717) is 35.1 Å². The Morgan fingerprint density at radius 3 is 2.31 bits per heavy atom. The lowest BCUT2D eigenvalue weighted by molar-refractivity contribution is -0.138. The molecule has 6 heteroatoms. The van der Waals surface area contributed by atoms with Crippen LogP contribution < -0.4 is 14.4 Å². The number of nitrogens with zero attached hydrogens (tertiary/aromatic N) is 1. The van der Waals surface area contributed by atoms with Crippen LogP contribution in [0.1, 0.15) is 25.0 Å². The van der Waals surface area contributed by atoms with Gasteiger partial charge in [0.05, 0.1) is 24.9 Å². The summed E-state index contributed by atoms with van der Waals surface area (Å²) in [6, 6.07) is 24.4. The molecule has 0 saturated heterocycles. The molecule has 3 aromatic rings. The van der Waals surface area contributed by atoms with Crippen LogP contribution in [0.3, 0.4) is 0 Å². The Kier molecular flexibility index (Phi) is 7.31. The maximum Gasteiger partial charge on any atom is 0.340 e. The number of benzene rings is 3. The fraction of sp³-hybridized carbons (Fsp3) is 0.172. The Labute approximate surface area is 205 Å². The minimum absolute atomic E-state index is 0.205. The van der Waals surface area contributed by atoms with Crippen molar-refractivity contribution in [3.05, 3.63) is 107 Å². The van der Waals surface area contributed by atoms with Gasteiger partial charge in [0.25, 0.3) is 5.91 Å². The summed E-state index contributed by atoms with van der Waals surface area (Å²) in [4.78, 5) is 28.1. The number of methoxy groups -OCH3 is 1. The Bertz CT molecular complexity index is 1280. The maximum absolute atomic E-state index is 13.6. The molecule has 178 valence electrons. The number of allylic oxidation sites excluding steroid dienone is 1. The van der Waals surface area contributed by atoms with Crippen molar-refractivity contribution in [1.29, 1.82) is 0 Å². The lowest BCUT2D eigenvalue weighted by Gasteiger charge is -2.18. The molecule has 0 fully saturated rings. The molecule has 0 saturated carbocycles. The summed E-state index contributed by atoms with van der Waals surface area (Å²) in [7, 11) is 1.58. The fourth-order valence-corrected chi connectivity index (χ4v) is 3.95. The van der Waals surface area contributed by atoms with Gasteiger partial charge >= 0.3 is 5.97 Å². The third-order valence-corrected chi connectivity index (χ3v) is 5.67. The second-order valence-electron chi connectivity index (χ2n) is 7.89. The molecule has 0 bridgehead atoms. The number of hydrogen-bond donors (Lipinski definition) is 0. The third-order valence-electron chi connectivity index (χ3n) is 5.67.